The predicted octanol–water partition coefficient (Wildman–Crippen LogP) is 1.76. The van der Waals surface area contributed by atoms with Crippen molar-refractivity contribution in [2.75, 3.05) is 6.54 Å². The molecule has 1 amide bonds. The second-order valence-corrected chi connectivity index (χ2v) is 4.55. The number of carbonyl (C=O) groups is 1. The summed E-state index contributed by atoms with van der Waals surface area (Å²) in [5.74, 6) is -3.90. The Morgan fingerprint density at radius 3 is 2.60 bits per heavy atom. The lowest BCUT2D eigenvalue weighted by atomic mass is 10.0. The van der Waals surface area contributed by atoms with E-state index in [0.717, 1.165) is 0 Å². The number of rotatable bonds is 5. The molecule has 1 aromatic rings. The molecule has 1 unspecified atom stereocenters. The highest BCUT2D eigenvalue weighted by molar-refractivity contribution is 5.95. The molecule has 0 bridgehead atoms. The molecule has 6 nitrogen and oxygen atoms in total. The topological polar surface area (TPSA) is 92.5 Å². The van der Waals surface area contributed by atoms with Crippen LogP contribution in [0.1, 0.15) is 30.6 Å². The number of nitrogens with one attached hydrogen (secondary N) is 1. The minimum Gasteiger partial charge on any atom is -0.388 e. The van der Waals surface area contributed by atoms with Crippen LogP contribution in [0.4, 0.5) is 14.5 Å². The zero-order chi connectivity index (χ0) is 15.5. The van der Waals surface area contributed by atoms with Gasteiger partial charge in [-0.3, -0.25) is 14.9 Å². The summed E-state index contributed by atoms with van der Waals surface area (Å²) in [4.78, 5) is 21.2. The summed E-state index contributed by atoms with van der Waals surface area (Å²) in [6.07, 6.45) is 0.313. The maximum absolute atomic E-state index is 13.7. The molecule has 0 spiro atoms. The fourth-order valence-electron chi connectivity index (χ4n) is 1.37. The third kappa shape index (κ3) is 3.47. The molecule has 0 aliphatic carbocycles. The van der Waals surface area contributed by atoms with Crippen molar-refractivity contribution in [3.8, 4) is 0 Å². The molecule has 0 aliphatic heterocycles. The molecule has 8 heteroatoms. The first-order chi connectivity index (χ1) is 9.19. The van der Waals surface area contributed by atoms with Crippen molar-refractivity contribution in [1.29, 1.82) is 0 Å². The van der Waals surface area contributed by atoms with Crippen LogP contribution in [0.3, 0.4) is 0 Å². The lowest BCUT2D eigenvalue weighted by Crippen LogP contribution is -2.40. The number of amides is 1. The molecule has 0 heterocycles. The Morgan fingerprint density at radius 2 is 2.10 bits per heavy atom. The summed E-state index contributed by atoms with van der Waals surface area (Å²) in [5, 5.41) is 22.4. The number of hydrogen-bond acceptors (Lipinski definition) is 4. The third-order valence-corrected chi connectivity index (χ3v) is 2.89. The van der Waals surface area contributed by atoms with Gasteiger partial charge in [-0.2, -0.15) is 4.39 Å². The molecule has 20 heavy (non-hydrogen) atoms. The fourth-order valence-corrected chi connectivity index (χ4v) is 1.37. The first-order valence-electron chi connectivity index (χ1n) is 5.82. The van der Waals surface area contributed by atoms with Crippen molar-refractivity contribution < 1.29 is 23.6 Å². The van der Waals surface area contributed by atoms with E-state index in [9.17, 15) is 28.8 Å². The Kier molecular flexibility index (Phi) is 4.72. The van der Waals surface area contributed by atoms with Gasteiger partial charge in [-0.05, 0) is 19.4 Å². The van der Waals surface area contributed by atoms with Crippen molar-refractivity contribution in [2.24, 2.45) is 0 Å². The summed E-state index contributed by atoms with van der Waals surface area (Å²) in [7, 11) is 0. The molecule has 1 rings (SSSR count). The SMILES string of the molecule is CCC(C)(O)CNC(=O)c1c(F)ccc([N+](=O)[O-])c1F. The van der Waals surface area contributed by atoms with E-state index in [4.69, 9.17) is 0 Å². The Labute approximate surface area is 113 Å². The number of halogens is 2. The van der Waals surface area contributed by atoms with Gasteiger partial charge in [-0.15, -0.1) is 0 Å². The van der Waals surface area contributed by atoms with Gasteiger partial charge in [0.05, 0.1) is 10.5 Å². The molecule has 110 valence electrons. The molecule has 0 aliphatic rings. The number of nitro groups is 1. The van der Waals surface area contributed by atoms with Gasteiger partial charge in [-0.25, -0.2) is 4.39 Å². The van der Waals surface area contributed by atoms with Crippen LogP contribution in [-0.4, -0.2) is 28.1 Å². The van der Waals surface area contributed by atoms with Gasteiger partial charge in [0.1, 0.15) is 11.4 Å². The minimum atomic E-state index is -1.54. The van der Waals surface area contributed by atoms with E-state index in [1.807, 2.05) is 0 Å². The van der Waals surface area contributed by atoms with Crippen LogP contribution in [0, 0.1) is 21.7 Å². The first-order valence-corrected chi connectivity index (χ1v) is 5.82. The van der Waals surface area contributed by atoms with Crippen LogP contribution in [-0.2, 0) is 0 Å². The largest absolute Gasteiger partial charge is 0.388 e. The summed E-state index contributed by atoms with van der Waals surface area (Å²) in [5.41, 5.74) is -3.26. The van der Waals surface area contributed by atoms with Crippen LogP contribution in [0.2, 0.25) is 0 Å². The number of aliphatic hydroxyl groups is 1. The summed E-state index contributed by atoms with van der Waals surface area (Å²) in [6.45, 7) is 2.87. The molecule has 0 aromatic heterocycles. The maximum atomic E-state index is 13.7. The van der Waals surface area contributed by atoms with Crippen LogP contribution >= 0.6 is 0 Å². The molecule has 0 fully saturated rings. The van der Waals surface area contributed by atoms with E-state index in [0.29, 0.717) is 18.6 Å². The van der Waals surface area contributed by atoms with E-state index in [-0.39, 0.29) is 6.54 Å². The summed E-state index contributed by atoms with van der Waals surface area (Å²) in [6, 6.07) is 1.29. The smallest absolute Gasteiger partial charge is 0.305 e. The minimum absolute atomic E-state index is 0.232. The maximum Gasteiger partial charge on any atom is 0.305 e. The van der Waals surface area contributed by atoms with Crippen molar-refractivity contribution in [1.82, 2.24) is 5.32 Å². The standard InChI is InChI=1S/C12H14F2N2O4/c1-3-12(2,18)6-15-11(17)9-7(13)4-5-8(10(9)14)16(19)20/h4-5,18H,3,6H2,1-2H3,(H,15,17). The first kappa shape index (κ1) is 16.0. The number of nitro benzene ring substituents is 1. The second-order valence-electron chi connectivity index (χ2n) is 4.55. The zero-order valence-corrected chi connectivity index (χ0v) is 10.9. The Morgan fingerprint density at radius 1 is 1.50 bits per heavy atom. The van der Waals surface area contributed by atoms with Crippen LogP contribution in [0.25, 0.3) is 0 Å². The van der Waals surface area contributed by atoms with Gasteiger partial charge in [0.2, 0.25) is 5.82 Å². The fraction of sp³-hybridized carbons (Fsp3) is 0.417. The van der Waals surface area contributed by atoms with Crippen molar-refractivity contribution >= 4 is 11.6 Å². The number of nitrogens with zero attached hydrogens (tertiary/aromatic N) is 1. The molecule has 0 radical (unpaired) electrons. The highest BCUT2D eigenvalue weighted by atomic mass is 19.1. The lowest BCUT2D eigenvalue weighted by Gasteiger charge is -2.21. The highest BCUT2D eigenvalue weighted by Crippen LogP contribution is 2.23. The summed E-state index contributed by atoms with van der Waals surface area (Å²) >= 11 is 0. The van der Waals surface area contributed by atoms with Crippen molar-refractivity contribution in [3.63, 3.8) is 0 Å². The van der Waals surface area contributed by atoms with Gasteiger partial charge in [-0.1, -0.05) is 6.92 Å². The normalized spacial score (nSPS) is 13.7. The van der Waals surface area contributed by atoms with Crippen LogP contribution < -0.4 is 5.32 Å². The van der Waals surface area contributed by atoms with Crippen molar-refractivity contribution in [2.45, 2.75) is 25.9 Å². The van der Waals surface area contributed by atoms with E-state index >= 15 is 0 Å². The Balaban J connectivity index is 3.04. The molecule has 1 atom stereocenters. The molecule has 0 saturated heterocycles. The molecular weight excluding hydrogens is 274 g/mol. The van der Waals surface area contributed by atoms with Gasteiger partial charge >= 0.3 is 5.69 Å². The lowest BCUT2D eigenvalue weighted by molar-refractivity contribution is -0.387. The average Bonchev–Trinajstić information content (AvgIpc) is 2.36. The molecule has 0 saturated carbocycles. The van der Waals surface area contributed by atoms with Gasteiger partial charge in [0, 0.05) is 12.6 Å². The van der Waals surface area contributed by atoms with E-state index in [1.54, 1.807) is 6.92 Å². The zero-order valence-electron chi connectivity index (χ0n) is 10.9. The Bertz CT molecular complexity index is 547. The Hall–Kier alpha value is -2.09. The van der Waals surface area contributed by atoms with Crippen molar-refractivity contribution in [3.05, 3.63) is 39.4 Å². The monoisotopic (exact) mass is 288 g/mol. The predicted molar refractivity (Wildman–Crippen MR) is 66.3 cm³/mol. The summed E-state index contributed by atoms with van der Waals surface area (Å²) < 4.78 is 27.2. The van der Waals surface area contributed by atoms with Crippen LogP contribution in [0.5, 0.6) is 0 Å². The van der Waals surface area contributed by atoms with E-state index < -0.39 is 39.3 Å². The quantitative estimate of drug-likeness (QED) is 0.638. The van der Waals surface area contributed by atoms with E-state index in [1.165, 1.54) is 6.92 Å². The van der Waals surface area contributed by atoms with Crippen LogP contribution in [0.15, 0.2) is 12.1 Å². The third-order valence-electron chi connectivity index (χ3n) is 2.89. The van der Waals surface area contributed by atoms with E-state index in [2.05, 4.69) is 5.32 Å². The number of benzene rings is 1. The molecule has 2 N–H and O–H groups in total. The number of hydrogen-bond donors (Lipinski definition) is 2. The highest BCUT2D eigenvalue weighted by Gasteiger charge is 2.27. The molecule has 1 aromatic carbocycles. The number of carbonyl (C=O) groups excluding carboxylic acids is 1. The van der Waals surface area contributed by atoms with Gasteiger partial charge in [0.25, 0.3) is 5.91 Å². The molecular formula is C12H14F2N2O4. The average molecular weight is 288 g/mol. The van der Waals surface area contributed by atoms with Gasteiger partial charge in [0.15, 0.2) is 0 Å². The van der Waals surface area contributed by atoms with Gasteiger partial charge < -0.3 is 10.4 Å². The second kappa shape index (κ2) is 5.91.